The quantitative estimate of drug-likeness (QED) is 0.729. The molecule has 1 saturated heterocycles. The maximum atomic E-state index is 12.6. The van der Waals surface area contributed by atoms with Gasteiger partial charge in [0.1, 0.15) is 5.69 Å². The number of carbonyl (C=O) groups is 2. The smallest absolute Gasteiger partial charge is 0.337 e. The summed E-state index contributed by atoms with van der Waals surface area (Å²) in [5, 5.41) is 10.1. The van der Waals surface area contributed by atoms with Crippen molar-refractivity contribution in [1.29, 1.82) is 0 Å². The Kier molecular flexibility index (Phi) is 3.61. The van der Waals surface area contributed by atoms with E-state index in [1.807, 2.05) is 35.0 Å². The van der Waals surface area contributed by atoms with Gasteiger partial charge in [0.25, 0.3) is 5.91 Å². The van der Waals surface area contributed by atoms with Crippen LogP contribution >= 0.6 is 0 Å². The minimum absolute atomic E-state index is 0.000522. The first-order valence-corrected chi connectivity index (χ1v) is 9.28. The number of nitrogens with one attached hydrogen (secondary N) is 1. The van der Waals surface area contributed by atoms with E-state index in [0.717, 1.165) is 43.0 Å². The zero-order chi connectivity index (χ0) is 19.4. The third-order valence-electron chi connectivity index (χ3n) is 5.52. The number of carboxylic acids is 1. The fraction of sp³-hybridized carbons (Fsp3) is 0.300. The molecule has 2 aliphatic rings. The Balaban J connectivity index is 1.50. The van der Waals surface area contributed by atoms with Crippen LogP contribution in [0.4, 0.5) is 11.5 Å². The summed E-state index contributed by atoms with van der Waals surface area (Å²) in [4.78, 5) is 31.1. The SMILES string of the molecule is Cn1cc(C(=O)O)c2ccc(N3COc4cc(C(=O)N5CCCC5)[nH]c43)cc21. The maximum absolute atomic E-state index is 12.6. The molecule has 0 saturated carbocycles. The molecule has 144 valence electrons. The van der Waals surface area contributed by atoms with Crippen LogP contribution in [0.3, 0.4) is 0 Å². The number of carboxylic acid groups (broad SMARTS) is 1. The summed E-state index contributed by atoms with van der Waals surface area (Å²) in [7, 11) is 1.83. The topological polar surface area (TPSA) is 90.8 Å². The average Bonchev–Trinajstić information content (AvgIpc) is 3.44. The zero-order valence-electron chi connectivity index (χ0n) is 15.4. The summed E-state index contributed by atoms with van der Waals surface area (Å²) in [5.41, 5.74) is 2.50. The maximum Gasteiger partial charge on any atom is 0.337 e. The number of likely N-dealkylation sites (tertiary alicyclic amines) is 1. The minimum Gasteiger partial charge on any atom is -0.478 e. The number of H-pyrrole nitrogens is 1. The van der Waals surface area contributed by atoms with Gasteiger partial charge in [0.15, 0.2) is 18.3 Å². The molecule has 2 N–H and O–H groups in total. The number of aromatic amines is 1. The normalized spacial score (nSPS) is 15.9. The van der Waals surface area contributed by atoms with Gasteiger partial charge in [0, 0.05) is 43.5 Å². The second kappa shape index (κ2) is 6.05. The van der Waals surface area contributed by atoms with Crippen molar-refractivity contribution in [3.63, 3.8) is 0 Å². The van der Waals surface area contributed by atoms with Gasteiger partial charge in [-0.15, -0.1) is 0 Å². The first-order valence-electron chi connectivity index (χ1n) is 9.28. The largest absolute Gasteiger partial charge is 0.478 e. The van der Waals surface area contributed by atoms with E-state index >= 15 is 0 Å². The molecule has 5 rings (SSSR count). The number of fused-ring (bicyclic) bond motifs is 2. The lowest BCUT2D eigenvalue weighted by Gasteiger charge is -2.17. The molecule has 0 atom stereocenters. The van der Waals surface area contributed by atoms with Gasteiger partial charge < -0.3 is 24.3 Å². The number of hydrogen-bond donors (Lipinski definition) is 2. The van der Waals surface area contributed by atoms with E-state index in [1.165, 1.54) is 0 Å². The van der Waals surface area contributed by atoms with Crippen molar-refractivity contribution in [1.82, 2.24) is 14.5 Å². The summed E-state index contributed by atoms with van der Waals surface area (Å²) in [6, 6.07) is 7.38. The van der Waals surface area contributed by atoms with E-state index in [9.17, 15) is 14.7 Å². The van der Waals surface area contributed by atoms with E-state index in [1.54, 1.807) is 16.8 Å². The summed E-state index contributed by atoms with van der Waals surface area (Å²) < 4.78 is 7.57. The molecular formula is C20H20N4O4. The van der Waals surface area contributed by atoms with Crippen molar-refractivity contribution in [3.8, 4) is 5.75 Å². The number of amides is 1. The molecule has 1 aromatic carbocycles. The Hall–Kier alpha value is -3.42. The number of carbonyl (C=O) groups excluding carboxylic acids is 1. The number of ether oxygens (including phenoxy) is 1. The molecular weight excluding hydrogens is 360 g/mol. The monoisotopic (exact) mass is 380 g/mol. The molecule has 0 bridgehead atoms. The molecule has 8 nitrogen and oxygen atoms in total. The summed E-state index contributed by atoms with van der Waals surface area (Å²) in [6.07, 6.45) is 3.71. The van der Waals surface area contributed by atoms with Crippen LogP contribution in [0.1, 0.15) is 33.7 Å². The van der Waals surface area contributed by atoms with Gasteiger partial charge in [-0.2, -0.15) is 0 Å². The van der Waals surface area contributed by atoms with Crippen LogP contribution in [0.25, 0.3) is 10.9 Å². The van der Waals surface area contributed by atoms with Crippen LogP contribution in [0.5, 0.6) is 5.75 Å². The molecule has 0 spiro atoms. The van der Waals surface area contributed by atoms with E-state index in [-0.39, 0.29) is 11.5 Å². The van der Waals surface area contributed by atoms with Crippen molar-refractivity contribution in [2.24, 2.45) is 7.05 Å². The Bertz CT molecular complexity index is 1110. The molecule has 2 aromatic heterocycles. The average molecular weight is 380 g/mol. The van der Waals surface area contributed by atoms with Gasteiger partial charge in [-0.25, -0.2) is 4.79 Å². The highest BCUT2D eigenvalue weighted by atomic mass is 16.5. The van der Waals surface area contributed by atoms with Gasteiger partial charge in [-0.3, -0.25) is 9.69 Å². The van der Waals surface area contributed by atoms with Crippen molar-refractivity contribution in [3.05, 3.63) is 41.7 Å². The fourth-order valence-electron chi connectivity index (χ4n) is 4.05. The first-order chi connectivity index (χ1) is 13.5. The summed E-state index contributed by atoms with van der Waals surface area (Å²) >= 11 is 0. The van der Waals surface area contributed by atoms with Crippen LogP contribution in [-0.2, 0) is 7.05 Å². The predicted molar refractivity (Wildman–Crippen MR) is 103 cm³/mol. The third kappa shape index (κ3) is 2.45. The van der Waals surface area contributed by atoms with Crippen LogP contribution in [0, 0.1) is 0 Å². The van der Waals surface area contributed by atoms with Crippen molar-refractivity contribution < 1.29 is 19.4 Å². The molecule has 0 radical (unpaired) electrons. The van der Waals surface area contributed by atoms with Gasteiger partial charge in [0.2, 0.25) is 0 Å². The number of nitrogens with zero attached hydrogens (tertiary/aromatic N) is 3. The van der Waals surface area contributed by atoms with E-state index in [0.29, 0.717) is 23.6 Å². The number of aromatic nitrogens is 2. The lowest BCUT2D eigenvalue weighted by Crippen LogP contribution is -2.28. The highest BCUT2D eigenvalue weighted by Crippen LogP contribution is 2.40. The Morgan fingerprint density at radius 3 is 2.71 bits per heavy atom. The zero-order valence-corrected chi connectivity index (χ0v) is 15.4. The minimum atomic E-state index is -0.945. The molecule has 4 heterocycles. The summed E-state index contributed by atoms with van der Waals surface area (Å²) in [6.45, 7) is 1.92. The molecule has 28 heavy (non-hydrogen) atoms. The van der Waals surface area contributed by atoms with Crippen LogP contribution in [0.15, 0.2) is 30.5 Å². The second-order valence-corrected chi connectivity index (χ2v) is 7.26. The molecule has 0 unspecified atom stereocenters. The lowest BCUT2D eigenvalue weighted by atomic mass is 10.1. The number of hydrogen-bond acceptors (Lipinski definition) is 4. The number of benzene rings is 1. The standard InChI is InChI=1S/C20H20N4O4/c1-22-10-14(20(26)27)13-5-4-12(8-16(13)22)24-11-28-17-9-15(21-18(17)24)19(25)23-6-2-3-7-23/h4-5,8-10,21H,2-3,6-7,11H2,1H3,(H,26,27). The first kappa shape index (κ1) is 16.7. The molecule has 3 aromatic rings. The van der Waals surface area contributed by atoms with Crippen LogP contribution in [0.2, 0.25) is 0 Å². The molecule has 8 heteroatoms. The highest BCUT2D eigenvalue weighted by Gasteiger charge is 2.29. The molecule has 1 fully saturated rings. The van der Waals surface area contributed by atoms with Gasteiger partial charge >= 0.3 is 5.97 Å². The molecule has 2 aliphatic heterocycles. The third-order valence-corrected chi connectivity index (χ3v) is 5.52. The molecule has 1 amide bonds. The fourth-order valence-corrected chi connectivity index (χ4v) is 4.05. The Morgan fingerprint density at radius 2 is 1.96 bits per heavy atom. The Labute approximate surface area is 160 Å². The van der Waals surface area contributed by atoms with Crippen LogP contribution < -0.4 is 9.64 Å². The van der Waals surface area contributed by atoms with Crippen molar-refractivity contribution >= 4 is 34.3 Å². The number of aromatic carboxylic acids is 1. The predicted octanol–water partition coefficient (Wildman–Crippen LogP) is 2.93. The molecule has 0 aliphatic carbocycles. The number of anilines is 2. The summed E-state index contributed by atoms with van der Waals surface area (Å²) in [5.74, 6) is 0.453. The van der Waals surface area contributed by atoms with E-state index in [4.69, 9.17) is 4.74 Å². The lowest BCUT2D eigenvalue weighted by molar-refractivity contribution is 0.0698. The van der Waals surface area contributed by atoms with E-state index in [2.05, 4.69) is 4.98 Å². The second-order valence-electron chi connectivity index (χ2n) is 7.26. The van der Waals surface area contributed by atoms with Gasteiger partial charge in [-0.05, 0) is 31.0 Å². The highest BCUT2D eigenvalue weighted by molar-refractivity contribution is 6.04. The van der Waals surface area contributed by atoms with Gasteiger partial charge in [-0.1, -0.05) is 0 Å². The Morgan fingerprint density at radius 1 is 1.18 bits per heavy atom. The van der Waals surface area contributed by atoms with Gasteiger partial charge in [0.05, 0.1) is 11.1 Å². The number of rotatable bonds is 3. The van der Waals surface area contributed by atoms with Crippen molar-refractivity contribution in [2.45, 2.75) is 12.8 Å². The van der Waals surface area contributed by atoms with Crippen molar-refractivity contribution in [2.75, 3.05) is 24.7 Å². The van der Waals surface area contributed by atoms with E-state index < -0.39 is 5.97 Å². The number of aryl methyl sites for hydroxylation is 1. The van der Waals surface area contributed by atoms with Crippen LogP contribution in [-0.4, -0.2) is 51.3 Å².